The molecule has 0 N–H and O–H groups in total. The first kappa shape index (κ1) is 17.3. The molecule has 0 aromatic heterocycles. The predicted molar refractivity (Wildman–Crippen MR) is 96.9 cm³/mol. The van der Waals surface area contributed by atoms with E-state index in [-0.39, 0.29) is 11.2 Å². The first-order chi connectivity index (χ1) is 10.4. The van der Waals surface area contributed by atoms with Crippen molar-refractivity contribution in [1.29, 1.82) is 0 Å². The molecule has 3 atom stereocenters. The van der Waals surface area contributed by atoms with Gasteiger partial charge in [-0.1, -0.05) is 0 Å². The molecule has 1 aliphatic rings. The molecule has 0 spiro atoms. The summed E-state index contributed by atoms with van der Waals surface area (Å²) in [6.45, 7) is 14.3. The zero-order valence-corrected chi connectivity index (χ0v) is 15.6. The SMILES string of the molecule is C=CC1(C)CCC([Se]c2ccccc2)C(C)(/C=C/C(=C)C)O1. The molecule has 0 saturated carbocycles. The van der Waals surface area contributed by atoms with Gasteiger partial charge in [-0.05, 0) is 0 Å². The summed E-state index contributed by atoms with van der Waals surface area (Å²) >= 11 is 0.387. The Kier molecular flexibility index (Phi) is 5.50. The van der Waals surface area contributed by atoms with E-state index in [0.29, 0.717) is 19.8 Å². The summed E-state index contributed by atoms with van der Waals surface area (Å²) in [7, 11) is 0. The summed E-state index contributed by atoms with van der Waals surface area (Å²) in [5.41, 5.74) is 0.551. The Hall–Kier alpha value is -1.08. The van der Waals surface area contributed by atoms with E-state index in [4.69, 9.17) is 4.74 Å². The number of benzene rings is 1. The molecule has 3 unspecified atom stereocenters. The van der Waals surface area contributed by atoms with Crippen LogP contribution in [0.2, 0.25) is 4.82 Å². The molecular weight excluding hydrogens is 335 g/mol. The number of allylic oxidation sites excluding steroid dienone is 2. The Labute approximate surface area is 141 Å². The molecule has 118 valence electrons. The summed E-state index contributed by atoms with van der Waals surface area (Å²) in [4.78, 5) is 0.519. The maximum absolute atomic E-state index is 6.52. The fourth-order valence-electron chi connectivity index (χ4n) is 2.76. The van der Waals surface area contributed by atoms with E-state index in [1.54, 1.807) is 0 Å². The summed E-state index contributed by atoms with van der Waals surface area (Å²) in [5, 5.41) is 0. The van der Waals surface area contributed by atoms with E-state index in [9.17, 15) is 0 Å². The van der Waals surface area contributed by atoms with Crippen molar-refractivity contribution in [1.82, 2.24) is 0 Å². The molecule has 1 saturated heterocycles. The fourth-order valence-corrected chi connectivity index (χ4v) is 5.36. The molecule has 0 aliphatic carbocycles. The van der Waals surface area contributed by atoms with Crippen LogP contribution in [0, 0.1) is 0 Å². The van der Waals surface area contributed by atoms with Crippen LogP contribution in [0.15, 0.2) is 67.3 Å². The third kappa shape index (κ3) is 4.23. The second-order valence-corrected chi connectivity index (χ2v) is 9.12. The normalized spacial score (nSPS) is 32.0. The first-order valence-electron chi connectivity index (χ1n) is 7.77. The van der Waals surface area contributed by atoms with Crippen LogP contribution in [-0.2, 0) is 4.74 Å². The van der Waals surface area contributed by atoms with E-state index >= 15 is 0 Å². The van der Waals surface area contributed by atoms with E-state index in [1.165, 1.54) is 4.46 Å². The zero-order chi connectivity index (χ0) is 16.2. The summed E-state index contributed by atoms with van der Waals surface area (Å²) < 4.78 is 7.95. The molecule has 1 fully saturated rings. The van der Waals surface area contributed by atoms with Gasteiger partial charge in [-0.15, -0.1) is 0 Å². The van der Waals surface area contributed by atoms with Gasteiger partial charge in [-0.3, -0.25) is 0 Å². The Bertz CT molecular complexity index is 562. The molecule has 1 aromatic rings. The van der Waals surface area contributed by atoms with Crippen LogP contribution in [0.4, 0.5) is 0 Å². The van der Waals surface area contributed by atoms with Gasteiger partial charge in [0.2, 0.25) is 0 Å². The van der Waals surface area contributed by atoms with Crippen LogP contribution >= 0.6 is 0 Å². The fraction of sp³-hybridized carbons (Fsp3) is 0.400. The third-order valence-corrected chi connectivity index (χ3v) is 7.36. The second-order valence-electron chi connectivity index (χ2n) is 6.44. The molecule has 1 aromatic carbocycles. The van der Waals surface area contributed by atoms with Crippen molar-refractivity contribution in [2.75, 3.05) is 0 Å². The van der Waals surface area contributed by atoms with Crippen molar-refractivity contribution in [3.8, 4) is 0 Å². The Balaban J connectivity index is 2.26. The number of hydrogen-bond donors (Lipinski definition) is 0. The molecule has 2 rings (SSSR count). The van der Waals surface area contributed by atoms with E-state index in [0.717, 1.165) is 18.4 Å². The van der Waals surface area contributed by atoms with Gasteiger partial charge in [0, 0.05) is 0 Å². The minimum atomic E-state index is -0.268. The average molecular weight is 361 g/mol. The Morgan fingerprint density at radius 2 is 2.00 bits per heavy atom. The van der Waals surface area contributed by atoms with Crippen molar-refractivity contribution < 1.29 is 4.74 Å². The number of hydrogen-bond acceptors (Lipinski definition) is 1. The van der Waals surface area contributed by atoms with Crippen LogP contribution in [0.5, 0.6) is 0 Å². The van der Waals surface area contributed by atoms with Crippen LogP contribution in [0.25, 0.3) is 0 Å². The van der Waals surface area contributed by atoms with E-state index in [1.807, 2.05) is 13.0 Å². The molecule has 0 bridgehead atoms. The van der Waals surface area contributed by atoms with Crippen molar-refractivity contribution in [2.24, 2.45) is 0 Å². The second kappa shape index (κ2) is 7.00. The van der Waals surface area contributed by atoms with Crippen molar-refractivity contribution >= 4 is 19.4 Å². The number of rotatable bonds is 5. The topological polar surface area (TPSA) is 9.23 Å². The van der Waals surface area contributed by atoms with Gasteiger partial charge in [0.15, 0.2) is 0 Å². The molecule has 0 amide bonds. The Morgan fingerprint density at radius 1 is 1.32 bits per heavy atom. The summed E-state index contributed by atoms with van der Waals surface area (Å²) in [5.74, 6) is 0. The van der Waals surface area contributed by atoms with Gasteiger partial charge >= 0.3 is 141 Å². The van der Waals surface area contributed by atoms with Crippen LogP contribution in [-0.4, -0.2) is 26.2 Å². The Morgan fingerprint density at radius 3 is 2.59 bits per heavy atom. The van der Waals surface area contributed by atoms with Gasteiger partial charge in [0.1, 0.15) is 0 Å². The van der Waals surface area contributed by atoms with E-state index < -0.39 is 0 Å². The van der Waals surface area contributed by atoms with Gasteiger partial charge < -0.3 is 0 Å². The van der Waals surface area contributed by atoms with Crippen LogP contribution in [0.1, 0.15) is 33.6 Å². The van der Waals surface area contributed by atoms with Gasteiger partial charge in [-0.2, -0.15) is 0 Å². The molecule has 1 heterocycles. The first-order valence-corrected chi connectivity index (χ1v) is 9.62. The molecule has 22 heavy (non-hydrogen) atoms. The van der Waals surface area contributed by atoms with Crippen molar-refractivity contribution in [3.63, 3.8) is 0 Å². The van der Waals surface area contributed by atoms with Crippen molar-refractivity contribution in [2.45, 2.75) is 49.6 Å². The standard InChI is InChI=1S/C20H26OSe/c1-6-19(4)14-13-18(22-17-10-8-7-9-11-17)20(5,21-19)15-12-16(2)3/h6-12,15,18H,1-2,13-14H2,3-5H3/b15-12+. The van der Waals surface area contributed by atoms with E-state index in [2.05, 4.69) is 69.5 Å². The van der Waals surface area contributed by atoms with Crippen molar-refractivity contribution in [3.05, 3.63) is 67.3 Å². The molecule has 1 aliphatic heterocycles. The average Bonchev–Trinajstić information content (AvgIpc) is 2.50. The third-order valence-electron chi connectivity index (χ3n) is 4.15. The predicted octanol–water partition coefficient (Wildman–Crippen LogP) is 4.45. The quantitative estimate of drug-likeness (QED) is 0.428. The molecular formula is C20H26OSe. The zero-order valence-electron chi connectivity index (χ0n) is 13.8. The van der Waals surface area contributed by atoms with Gasteiger partial charge in [0.25, 0.3) is 0 Å². The molecule has 2 heteroatoms. The van der Waals surface area contributed by atoms with Crippen LogP contribution < -0.4 is 4.46 Å². The van der Waals surface area contributed by atoms with Gasteiger partial charge in [-0.25, -0.2) is 0 Å². The number of ether oxygens (including phenoxy) is 1. The monoisotopic (exact) mass is 362 g/mol. The summed E-state index contributed by atoms with van der Waals surface area (Å²) in [6, 6.07) is 10.8. The maximum atomic E-state index is 6.52. The minimum absolute atomic E-state index is 0.239. The summed E-state index contributed by atoms with van der Waals surface area (Å²) in [6.07, 6.45) is 8.43. The van der Waals surface area contributed by atoms with Crippen LogP contribution in [0.3, 0.4) is 0 Å². The molecule has 0 radical (unpaired) electrons. The van der Waals surface area contributed by atoms with Gasteiger partial charge in [0.05, 0.1) is 0 Å². The molecule has 1 nitrogen and oxygen atoms in total.